The first-order chi connectivity index (χ1) is 7.68. The third-order valence-corrected chi connectivity index (χ3v) is 2.96. The molecule has 2 heterocycles. The second kappa shape index (κ2) is 4.74. The molecule has 1 aliphatic heterocycles. The molecule has 1 N–H and O–H groups in total. The van der Waals surface area contributed by atoms with E-state index in [0.717, 1.165) is 18.9 Å². The van der Waals surface area contributed by atoms with Crippen molar-refractivity contribution in [3.05, 3.63) is 12.2 Å². The predicted molar refractivity (Wildman–Crippen MR) is 60.1 cm³/mol. The number of hydrogen-bond donors (Lipinski definition) is 1. The summed E-state index contributed by atoms with van der Waals surface area (Å²) in [6, 6.07) is 0.296. The zero-order valence-corrected chi connectivity index (χ0v) is 9.81. The second-order valence-corrected chi connectivity index (χ2v) is 4.54. The molecule has 5 nitrogen and oxygen atoms in total. The number of piperidine rings is 1. The first-order valence-electron chi connectivity index (χ1n) is 5.80. The second-order valence-electron chi connectivity index (χ2n) is 4.54. The summed E-state index contributed by atoms with van der Waals surface area (Å²) in [5, 5.41) is 7.43. The number of aromatic nitrogens is 3. The van der Waals surface area contributed by atoms with Gasteiger partial charge in [-0.05, 0) is 13.8 Å². The highest BCUT2D eigenvalue weighted by Gasteiger charge is 2.24. The molecule has 0 amide bonds. The lowest BCUT2D eigenvalue weighted by molar-refractivity contribution is -0.123. The largest absolute Gasteiger partial charge is 0.316 e. The van der Waals surface area contributed by atoms with Crippen LogP contribution < -0.4 is 5.32 Å². The van der Waals surface area contributed by atoms with Gasteiger partial charge in [0.15, 0.2) is 0 Å². The van der Waals surface area contributed by atoms with E-state index in [1.807, 2.05) is 4.68 Å². The molecule has 1 unspecified atom stereocenters. The van der Waals surface area contributed by atoms with Gasteiger partial charge in [0.25, 0.3) is 0 Å². The summed E-state index contributed by atoms with van der Waals surface area (Å²) in [5.41, 5.74) is 0. The molecule has 1 atom stereocenters. The van der Waals surface area contributed by atoms with Crippen molar-refractivity contribution in [3.63, 3.8) is 0 Å². The number of carbonyl (C=O) groups is 1. The van der Waals surface area contributed by atoms with Crippen LogP contribution in [0.3, 0.4) is 0 Å². The maximum Gasteiger partial charge on any atom is 0.138 e. The summed E-state index contributed by atoms with van der Waals surface area (Å²) in [5.74, 6) is 1.32. The third-order valence-electron chi connectivity index (χ3n) is 2.96. The van der Waals surface area contributed by atoms with Crippen molar-refractivity contribution in [1.82, 2.24) is 20.1 Å². The Morgan fingerprint density at radius 3 is 3.12 bits per heavy atom. The maximum atomic E-state index is 11.7. The minimum atomic E-state index is 0.0652. The molecular weight excluding hydrogens is 204 g/mol. The van der Waals surface area contributed by atoms with E-state index in [1.165, 1.54) is 0 Å². The van der Waals surface area contributed by atoms with E-state index < -0.39 is 0 Å². The van der Waals surface area contributed by atoms with Crippen molar-refractivity contribution >= 4 is 5.78 Å². The van der Waals surface area contributed by atoms with Crippen LogP contribution in [0.15, 0.2) is 6.33 Å². The van der Waals surface area contributed by atoms with Crippen molar-refractivity contribution in [2.24, 2.45) is 5.92 Å². The Hall–Kier alpha value is -1.23. The van der Waals surface area contributed by atoms with Gasteiger partial charge >= 0.3 is 0 Å². The molecule has 0 spiro atoms. The number of ketones is 1. The van der Waals surface area contributed by atoms with Crippen molar-refractivity contribution < 1.29 is 4.79 Å². The summed E-state index contributed by atoms with van der Waals surface area (Å²) < 4.78 is 1.89. The minimum absolute atomic E-state index is 0.0652. The molecule has 1 fully saturated rings. The molecule has 1 aromatic rings. The molecule has 0 bridgehead atoms. The van der Waals surface area contributed by atoms with Crippen LogP contribution in [0.2, 0.25) is 0 Å². The van der Waals surface area contributed by atoms with Crippen LogP contribution >= 0.6 is 0 Å². The van der Waals surface area contributed by atoms with Gasteiger partial charge in [0, 0.05) is 37.9 Å². The van der Waals surface area contributed by atoms with Crippen molar-refractivity contribution in [1.29, 1.82) is 0 Å². The zero-order valence-electron chi connectivity index (χ0n) is 9.81. The molecule has 0 saturated carbocycles. The number of Topliss-reactive ketones (excluding diaryl/α,β-unsaturated/α-hetero) is 1. The summed E-state index contributed by atoms with van der Waals surface area (Å²) in [6.45, 7) is 5.72. The maximum absolute atomic E-state index is 11.7. The fraction of sp³-hybridized carbons (Fsp3) is 0.727. The molecule has 2 rings (SSSR count). The highest BCUT2D eigenvalue weighted by atomic mass is 16.1. The number of nitrogens with zero attached hydrogens (tertiary/aromatic N) is 3. The molecule has 0 aliphatic carbocycles. The quantitative estimate of drug-likeness (QED) is 0.812. The smallest absolute Gasteiger partial charge is 0.138 e. The first-order valence-corrected chi connectivity index (χ1v) is 5.80. The lowest BCUT2D eigenvalue weighted by Gasteiger charge is -2.21. The lowest BCUT2D eigenvalue weighted by Crippen LogP contribution is -2.38. The van der Waals surface area contributed by atoms with Gasteiger partial charge in [0.1, 0.15) is 17.9 Å². The summed E-state index contributed by atoms with van der Waals surface area (Å²) in [4.78, 5) is 15.9. The van der Waals surface area contributed by atoms with Gasteiger partial charge in [-0.3, -0.25) is 4.79 Å². The standard InChI is InChI=1S/C11H18N4O/c1-8(2)15-11(13-7-14-15)5-9-6-12-4-3-10(9)16/h7-9,12H,3-6H2,1-2H3. The van der Waals surface area contributed by atoms with Gasteiger partial charge in [-0.15, -0.1) is 0 Å². The normalized spacial score (nSPS) is 21.7. The van der Waals surface area contributed by atoms with Crippen LogP contribution in [0.1, 0.15) is 32.1 Å². The lowest BCUT2D eigenvalue weighted by atomic mass is 9.94. The predicted octanol–water partition coefficient (Wildman–Crippen LogP) is 0.580. The highest BCUT2D eigenvalue weighted by molar-refractivity contribution is 5.82. The van der Waals surface area contributed by atoms with Crippen molar-refractivity contribution in [2.45, 2.75) is 32.7 Å². The molecule has 0 radical (unpaired) electrons. The minimum Gasteiger partial charge on any atom is -0.316 e. The van der Waals surface area contributed by atoms with Crippen LogP contribution in [-0.4, -0.2) is 33.6 Å². The third kappa shape index (κ3) is 2.29. The van der Waals surface area contributed by atoms with E-state index in [-0.39, 0.29) is 5.92 Å². The number of hydrogen-bond acceptors (Lipinski definition) is 4. The van der Waals surface area contributed by atoms with E-state index in [1.54, 1.807) is 6.33 Å². The number of rotatable bonds is 3. The Balaban J connectivity index is 2.07. The van der Waals surface area contributed by atoms with Gasteiger partial charge in [0.05, 0.1) is 0 Å². The SMILES string of the molecule is CC(C)n1ncnc1CC1CNCCC1=O. The summed E-state index contributed by atoms with van der Waals surface area (Å²) in [7, 11) is 0. The zero-order chi connectivity index (χ0) is 11.5. The Bertz CT molecular complexity index is 372. The van der Waals surface area contributed by atoms with E-state index in [9.17, 15) is 4.79 Å². The molecule has 16 heavy (non-hydrogen) atoms. The molecule has 1 aliphatic rings. The molecule has 1 saturated heterocycles. The molecule has 1 aromatic heterocycles. The monoisotopic (exact) mass is 222 g/mol. The molecule has 0 aromatic carbocycles. The van der Waals surface area contributed by atoms with E-state index in [0.29, 0.717) is 24.7 Å². The fourth-order valence-corrected chi connectivity index (χ4v) is 2.06. The van der Waals surface area contributed by atoms with E-state index in [4.69, 9.17) is 0 Å². The van der Waals surface area contributed by atoms with Crippen LogP contribution in [0.4, 0.5) is 0 Å². The average Bonchev–Trinajstić information content (AvgIpc) is 2.69. The fourth-order valence-electron chi connectivity index (χ4n) is 2.06. The van der Waals surface area contributed by atoms with E-state index in [2.05, 4.69) is 29.2 Å². The Kier molecular flexibility index (Phi) is 3.33. The molecular formula is C11H18N4O. The van der Waals surface area contributed by atoms with Crippen LogP contribution in [-0.2, 0) is 11.2 Å². The highest BCUT2D eigenvalue weighted by Crippen LogP contribution is 2.14. The van der Waals surface area contributed by atoms with Gasteiger partial charge in [-0.2, -0.15) is 5.10 Å². The van der Waals surface area contributed by atoms with Gasteiger partial charge in [-0.25, -0.2) is 9.67 Å². The Morgan fingerprint density at radius 2 is 2.44 bits per heavy atom. The first kappa shape index (κ1) is 11.3. The van der Waals surface area contributed by atoms with Gasteiger partial charge in [-0.1, -0.05) is 0 Å². The molecule has 88 valence electrons. The van der Waals surface area contributed by atoms with Gasteiger partial charge in [0.2, 0.25) is 0 Å². The molecule has 5 heteroatoms. The van der Waals surface area contributed by atoms with E-state index >= 15 is 0 Å². The number of carbonyl (C=O) groups excluding carboxylic acids is 1. The summed E-state index contributed by atoms with van der Waals surface area (Å²) in [6.07, 6.45) is 2.90. The van der Waals surface area contributed by atoms with Crippen molar-refractivity contribution in [3.8, 4) is 0 Å². The average molecular weight is 222 g/mol. The van der Waals surface area contributed by atoms with Gasteiger partial charge < -0.3 is 5.32 Å². The Morgan fingerprint density at radius 1 is 1.62 bits per heavy atom. The van der Waals surface area contributed by atoms with Crippen LogP contribution in [0.25, 0.3) is 0 Å². The topological polar surface area (TPSA) is 59.8 Å². The Labute approximate surface area is 95.2 Å². The van der Waals surface area contributed by atoms with Crippen molar-refractivity contribution in [2.75, 3.05) is 13.1 Å². The summed E-state index contributed by atoms with van der Waals surface area (Å²) >= 11 is 0. The van der Waals surface area contributed by atoms with Crippen LogP contribution in [0.5, 0.6) is 0 Å². The van der Waals surface area contributed by atoms with Crippen LogP contribution in [0, 0.1) is 5.92 Å². The number of nitrogens with one attached hydrogen (secondary N) is 1.